The van der Waals surface area contributed by atoms with Crippen molar-refractivity contribution < 1.29 is 14.3 Å². The van der Waals surface area contributed by atoms with Gasteiger partial charge in [0.25, 0.3) is 0 Å². The number of carbonyl (C=O) groups is 1. The maximum atomic E-state index is 11.9. The smallest absolute Gasteiger partial charge is 0.349 e. The fourth-order valence-electron chi connectivity index (χ4n) is 1.81. The molecule has 22 heavy (non-hydrogen) atoms. The third-order valence-electron chi connectivity index (χ3n) is 2.90. The van der Waals surface area contributed by atoms with Crippen molar-refractivity contribution >= 4 is 45.1 Å². The molecule has 2 aromatic carbocycles. The van der Waals surface area contributed by atoms with Crippen LogP contribution in [0.25, 0.3) is 0 Å². The Labute approximate surface area is 147 Å². The molecule has 0 amide bonds. The number of aryl methyl sites for hydroxylation is 2. The summed E-state index contributed by atoms with van der Waals surface area (Å²) in [6.45, 7) is 3.45. The number of carbonyl (C=O) groups excluding carboxylic acids is 1. The average Bonchev–Trinajstić information content (AvgIpc) is 2.44. The minimum Gasteiger partial charge on any atom is -0.482 e. The zero-order chi connectivity index (χ0) is 16.3. The van der Waals surface area contributed by atoms with Crippen LogP contribution in [-0.2, 0) is 4.79 Å². The summed E-state index contributed by atoms with van der Waals surface area (Å²) in [5, 5.41) is 1.01. The van der Waals surface area contributed by atoms with Crippen LogP contribution in [0, 0.1) is 13.8 Å². The van der Waals surface area contributed by atoms with E-state index >= 15 is 0 Å². The van der Waals surface area contributed by atoms with Crippen LogP contribution in [0.4, 0.5) is 0 Å². The van der Waals surface area contributed by atoms with Crippen molar-refractivity contribution in [3.63, 3.8) is 0 Å². The quantitative estimate of drug-likeness (QED) is 0.509. The van der Waals surface area contributed by atoms with E-state index in [1.807, 2.05) is 19.9 Å². The third kappa shape index (κ3) is 4.38. The predicted molar refractivity (Wildman–Crippen MR) is 91.2 cm³/mol. The van der Waals surface area contributed by atoms with Gasteiger partial charge in [-0.1, -0.05) is 39.1 Å². The first kappa shape index (κ1) is 17.1. The van der Waals surface area contributed by atoms with E-state index in [2.05, 4.69) is 15.9 Å². The number of benzene rings is 2. The molecule has 0 N–H and O–H groups in total. The lowest BCUT2D eigenvalue weighted by molar-refractivity contribution is -0.136. The van der Waals surface area contributed by atoms with Crippen LogP contribution in [0.2, 0.25) is 10.0 Å². The molecule has 2 rings (SSSR count). The minimum atomic E-state index is -0.528. The van der Waals surface area contributed by atoms with Crippen molar-refractivity contribution in [2.45, 2.75) is 13.8 Å². The summed E-state index contributed by atoms with van der Waals surface area (Å²) in [6, 6.07) is 8.65. The van der Waals surface area contributed by atoms with Crippen LogP contribution in [0.15, 0.2) is 34.8 Å². The van der Waals surface area contributed by atoms with Gasteiger partial charge in [-0.3, -0.25) is 0 Å². The van der Waals surface area contributed by atoms with Crippen LogP contribution >= 0.6 is 39.1 Å². The summed E-state index contributed by atoms with van der Waals surface area (Å²) in [5.74, 6) is 0.364. The molecule has 0 unspecified atom stereocenters. The second kappa shape index (κ2) is 7.36. The topological polar surface area (TPSA) is 35.5 Å². The Morgan fingerprint density at radius 2 is 1.82 bits per heavy atom. The van der Waals surface area contributed by atoms with Gasteiger partial charge in [0.05, 0.1) is 5.02 Å². The van der Waals surface area contributed by atoms with E-state index in [1.54, 1.807) is 24.3 Å². The first-order chi connectivity index (χ1) is 10.4. The Morgan fingerprint density at radius 1 is 1.09 bits per heavy atom. The van der Waals surface area contributed by atoms with Crippen molar-refractivity contribution in [2.24, 2.45) is 0 Å². The highest BCUT2D eigenvalue weighted by Gasteiger charge is 2.13. The molecule has 2 aromatic rings. The lowest BCUT2D eigenvalue weighted by atomic mass is 10.2. The lowest BCUT2D eigenvalue weighted by Gasteiger charge is -2.11. The Hall–Kier alpha value is -1.23. The van der Waals surface area contributed by atoms with E-state index < -0.39 is 5.97 Å². The van der Waals surface area contributed by atoms with Crippen LogP contribution in [0.3, 0.4) is 0 Å². The van der Waals surface area contributed by atoms with Gasteiger partial charge in [0.2, 0.25) is 0 Å². The highest BCUT2D eigenvalue weighted by atomic mass is 79.9. The molecular weight excluding hydrogens is 391 g/mol. The molecule has 0 saturated carbocycles. The molecule has 0 spiro atoms. The zero-order valence-electron chi connectivity index (χ0n) is 12.0. The van der Waals surface area contributed by atoms with E-state index in [4.69, 9.17) is 32.7 Å². The van der Waals surface area contributed by atoms with Gasteiger partial charge in [-0.15, -0.1) is 0 Å². The van der Waals surface area contributed by atoms with Gasteiger partial charge in [0, 0.05) is 9.50 Å². The number of halogens is 3. The Bertz CT molecular complexity index is 694. The fraction of sp³-hybridized carbons (Fsp3) is 0.188. The van der Waals surface area contributed by atoms with Crippen molar-refractivity contribution in [1.82, 2.24) is 0 Å². The number of esters is 1. The monoisotopic (exact) mass is 402 g/mol. The van der Waals surface area contributed by atoms with E-state index in [1.165, 1.54) is 0 Å². The minimum absolute atomic E-state index is 0.215. The van der Waals surface area contributed by atoms with Crippen molar-refractivity contribution in [2.75, 3.05) is 6.61 Å². The molecule has 0 atom stereocenters. The molecule has 6 heteroatoms. The van der Waals surface area contributed by atoms with Crippen LogP contribution in [0.1, 0.15) is 11.1 Å². The summed E-state index contributed by atoms with van der Waals surface area (Å²) in [4.78, 5) is 11.9. The largest absolute Gasteiger partial charge is 0.482 e. The number of rotatable bonds is 4. The van der Waals surface area contributed by atoms with Gasteiger partial charge in [0.15, 0.2) is 12.4 Å². The summed E-state index contributed by atoms with van der Waals surface area (Å²) in [6.07, 6.45) is 0. The van der Waals surface area contributed by atoms with Crippen molar-refractivity contribution in [3.8, 4) is 11.5 Å². The second-order valence-corrected chi connectivity index (χ2v) is 6.44. The summed E-state index contributed by atoms with van der Waals surface area (Å²) < 4.78 is 11.5. The predicted octanol–water partition coefficient (Wildman–Crippen LogP) is 5.36. The van der Waals surface area contributed by atoms with Crippen LogP contribution in [0.5, 0.6) is 11.5 Å². The van der Waals surface area contributed by atoms with Crippen LogP contribution in [-0.4, -0.2) is 12.6 Å². The molecule has 0 aliphatic carbocycles. The molecule has 0 heterocycles. The maximum Gasteiger partial charge on any atom is 0.349 e. The van der Waals surface area contributed by atoms with Gasteiger partial charge < -0.3 is 9.47 Å². The first-order valence-electron chi connectivity index (χ1n) is 6.42. The SMILES string of the molecule is Cc1cc(OCC(=O)Oc2c(C)cc(Br)cc2Cl)ccc1Cl. The van der Waals surface area contributed by atoms with Gasteiger partial charge in [-0.25, -0.2) is 4.79 Å². The van der Waals surface area contributed by atoms with Gasteiger partial charge >= 0.3 is 5.97 Å². The van der Waals surface area contributed by atoms with Gasteiger partial charge in [-0.2, -0.15) is 0 Å². The highest BCUT2D eigenvalue weighted by molar-refractivity contribution is 9.10. The molecule has 0 saturated heterocycles. The second-order valence-electron chi connectivity index (χ2n) is 4.71. The Kier molecular flexibility index (Phi) is 5.73. The Morgan fingerprint density at radius 3 is 2.45 bits per heavy atom. The van der Waals surface area contributed by atoms with E-state index in [0.29, 0.717) is 21.5 Å². The normalized spacial score (nSPS) is 10.4. The van der Waals surface area contributed by atoms with E-state index in [-0.39, 0.29) is 6.61 Å². The average molecular weight is 404 g/mol. The molecule has 0 radical (unpaired) electrons. The molecule has 3 nitrogen and oxygen atoms in total. The fourth-order valence-corrected chi connectivity index (χ4v) is 2.94. The first-order valence-corrected chi connectivity index (χ1v) is 7.97. The molecule has 116 valence electrons. The van der Waals surface area contributed by atoms with E-state index in [9.17, 15) is 4.79 Å². The summed E-state index contributed by atoms with van der Waals surface area (Å²) in [7, 11) is 0. The number of hydrogen-bond acceptors (Lipinski definition) is 3. The number of ether oxygens (including phenoxy) is 2. The molecule has 0 bridgehead atoms. The van der Waals surface area contributed by atoms with Crippen LogP contribution < -0.4 is 9.47 Å². The standard InChI is InChI=1S/C16H13BrCl2O3/c1-9-6-12(3-4-13(9)18)21-8-15(20)22-16-10(2)5-11(17)7-14(16)19/h3-7H,8H2,1-2H3. The van der Waals surface area contributed by atoms with Crippen molar-refractivity contribution in [1.29, 1.82) is 0 Å². The molecule has 0 aromatic heterocycles. The van der Waals surface area contributed by atoms with Gasteiger partial charge in [-0.05, 0) is 55.3 Å². The number of hydrogen-bond donors (Lipinski definition) is 0. The van der Waals surface area contributed by atoms with Gasteiger partial charge in [0.1, 0.15) is 5.75 Å². The third-order valence-corrected chi connectivity index (χ3v) is 4.06. The maximum absolute atomic E-state index is 11.9. The lowest BCUT2D eigenvalue weighted by Crippen LogP contribution is -2.18. The molecule has 0 fully saturated rings. The highest BCUT2D eigenvalue weighted by Crippen LogP contribution is 2.32. The molecular formula is C16H13BrCl2O3. The molecule has 0 aliphatic heterocycles. The van der Waals surface area contributed by atoms with E-state index in [0.717, 1.165) is 15.6 Å². The summed E-state index contributed by atoms with van der Waals surface area (Å²) >= 11 is 15.3. The zero-order valence-corrected chi connectivity index (χ0v) is 15.1. The summed E-state index contributed by atoms with van der Waals surface area (Å²) in [5.41, 5.74) is 1.63. The van der Waals surface area contributed by atoms with Crippen molar-refractivity contribution in [3.05, 3.63) is 56.0 Å². The molecule has 0 aliphatic rings. The Balaban J connectivity index is 2.00.